The number of aliphatic hydroxyl groups excluding tert-OH is 1. The molecule has 1 aromatic carbocycles. The van der Waals surface area contributed by atoms with Crippen molar-refractivity contribution in [2.45, 2.75) is 19.4 Å². The summed E-state index contributed by atoms with van der Waals surface area (Å²) in [5.74, 6) is 1.29. The number of benzene rings is 1. The smallest absolute Gasteiger partial charge is 0.128 e. The van der Waals surface area contributed by atoms with Gasteiger partial charge in [0.1, 0.15) is 17.6 Å². The van der Waals surface area contributed by atoms with Crippen LogP contribution in [0.15, 0.2) is 24.3 Å². The molecule has 0 aliphatic heterocycles. The van der Waals surface area contributed by atoms with Crippen molar-refractivity contribution in [3.8, 4) is 11.5 Å². The Balaban J connectivity index is 2.41. The van der Waals surface area contributed by atoms with Crippen LogP contribution in [0.1, 0.15) is 30.0 Å². The second-order valence-corrected chi connectivity index (χ2v) is 4.55. The maximum Gasteiger partial charge on any atom is 0.128 e. The summed E-state index contributed by atoms with van der Waals surface area (Å²) in [6.07, 6.45) is 0.0500. The molecule has 5 heteroatoms. The molecule has 0 fully saturated rings. The van der Waals surface area contributed by atoms with Crippen LogP contribution in [0.25, 0.3) is 0 Å². The lowest BCUT2D eigenvalue weighted by Gasteiger charge is -2.16. The molecule has 0 spiro atoms. The van der Waals surface area contributed by atoms with Gasteiger partial charge in [0.2, 0.25) is 0 Å². The van der Waals surface area contributed by atoms with E-state index in [0.29, 0.717) is 17.1 Å². The molecule has 1 aromatic heterocycles. The number of nitrogens with zero attached hydrogens (tertiary/aromatic N) is 2. The van der Waals surface area contributed by atoms with Crippen molar-refractivity contribution in [2.75, 3.05) is 14.2 Å². The molecule has 0 saturated carbocycles. The number of aromatic nitrogens is 2. The van der Waals surface area contributed by atoms with Gasteiger partial charge in [0.25, 0.3) is 0 Å². The molecule has 2 aromatic rings. The van der Waals surface area contributed by atoms with Gasteiger partial charge in [-0.25, -0.2) is 0 Å². The minimum absolute atomic E-state index is 0.594. The van der Waals surface area contributed by atoms with Gasteiger partial charge >= 0.3 is 0 Å². The first-order chi connectivity index (χ1) is 9.60. The first kappa shape index (κ1) is 14.4. The molecule has 20 heavy (non-hydrogen) atoms. The van der Waals surface area contributed by atoms with Gasteiger partial charge in [-0.15, -0.1) is 0 Å². The Hall–Kier alpha value is -2.01. The van der Waals surface area contributed by atoms with Crippen molar-refractivity contribution >= 4 is 0 Å². The van der Waals surface area contributed by atoms with Crippen LogP contribution in [0.3, 0.4) is 0 Å². The summed E-state index contributed by atoms with van der Waals surface area (Å²) in [4.78, 5) is 0. The van der Waals surface area contributed by atoms with Crippen molar-refractivity contribution in [2.24, 2.45) is 7.05 Å². The van der Waals surface area contributed by atoms with E-state index in [2.05, 4.69) is 5.10 Å². The third-order valence-corrected chi connectivity index (χ3v) is 3.34. The third kappa shape index (κ3) is 2.63. The van der Waals surface area contributed by atoms with E-state index in [1.807, 2.05) is 20.0 Å². The first-order valence-corrected chi connectivity index (χ1v) is 6.53. The van der Waals surface area contributed by atoms with Gasteiger partial charge in [-0.2, -0.15) is 5.10 Å². The lowest BCUT2D eigenvalue weighted by Crippen LogP contribution is -2.08. The van der Waals surface area contributed by atoms with E-state index in [9.17, 15) is 5.11 Å². The summed E-state index contributed by atoms with van der Waals surface area (Å²) < 4.78 is 12.2. The predicted octanol–water partition coefficient (Wildman–Crippen LogP) is 2.08. The van der Waals surface area contributed by atoms with Gasteiger partial charge in [0.05, 0.1) is 25.6 Å². The SMILES string of the molecule is CCc1cc(C(O)c2ccc(OC)cc2OC)n(C)n1. The van der Waals surface area contributed by atoms with Crippen LogP contribution in [0, 0.1) is 0 Å². The fraction of sp³-hybridized carbons (Fsp3) is 0.400. The van der Waals surface area contributed by atoms with Gasteiger partial charge in [-0.1, -0.05) is 6.92 Å². The number of rotatable bonds is 5. The van der Waals surface area contributed by atoms with Gasteiger partial charge in [0.15, 0.2) is 0 Å². The second kappa shape index (κ2) is 5.96. The Kier molecular flexibility index (Phi) is 4.29. The number of hydrogen-bond acceptors (Lipinski definition) is 4. The molecule has 108 valence electrons. The van der Waals surface area contributed by atoms with E-state index in [4.69, 9.17) is 9.47 Å². The minimum atomic E-state index is -0.784. The Morgan fingerprint density at radius 2 is 2.00 bits per heavy atom. The Labute approximate surface area is 118 Å². The highest BCUT2D eigenvalue weighted by Gasteiger charge is 2.20. The molecule has 0 bridgehead atoms. The molecule has 1 unspecified atom stereocenters. The zero-order valence-corrected chi connectivity index (χ0v) is 12.3. The lowest BCUT2D eigenvalue weighted by atomic mass is 10.0. The van der Waals surface area contributed by atoms with Crippen LogP contribution >= 0.6 is 0 Å². The van der Waals surface area contributed by atoms with Crippen molar-refractivity contribution < 1.29 is 14.6 Å². The summed E-state index contributed by atoms with van der Waals surface area (Å²) in [6, 6.07) is 7.28. The van der Waals surface area contributed by atoms with Gasteiger partial charge in [-0.05, 0) is 24.6 Å². The maximum atomic E-state index is 10.6. The van der Waals surface area contributed by atoms with Gasteiger partial charge < -0.3 is 14.6 Å². The van der Waals surface area contributed by atoms with E-state index in [-0.39, 0.29) is 0 Å². The fourth-order valence-electron chi connectivity index (χ4n) is 2.18. The average molecular weight is 276 g/mol. The second-order valence-electron chi connectivity index (χ2n) is 4.55. The Morgan fingerprint density at radius 3 is 2.55 bits per heavy atom. The highest BCUT2D eigenvalue weighted by atomic mass is 16.5. The van der Waals surface area contributed by atoms with Crippen molar-refractivity contribution in [3.05, 3.63) is 41.2 Å². The molecule has 0 aliphatic rings. The number of methoxy groups -OCH3 is 2. The monoisotopic (exact) mass is 276 g/mol. The van der Waals surface area contributed by atoms with E-state index >= 15 is 0 Å². The standard InChI is InChI=1S/C15H20N2O3/c1-5-10-8-13(17(2)16-10)15(18)12-7-6-11(19-3)9-14(12)20-4/h6-9,15,18H,5H2,1-4H3. The van der Waals surface area contributed by atoms with Crippen LogP contribution in [-0.2, 0) is 13.5 Å². The molecule has 0 radical (unpaired) electrons. The normalized spacial score (nSPS) is 12.2. The van der Waals surface area contributed by atoms with Crippen LogP contribution in [0.5, 0.6) is 11.5 Å². The minimum Gasteiger partial charge on any atom is -0.497 e. The van der Waals surface area contributed by atoms with Crippen LogP contribution < -0.4 is 9.47 Å². The molecule has 5 nitrogen and oxygen atoms in total. The molecule has 1 N–H and O–H groups in total. The summed E-state index contributed by atoms with van der Waals surface area (Å²) >= 11 is 0. The lowest BCUT2D eigenvalue weighted by molar-refractivity contribution is 0.204. The molecule has 0 aliphatic carbocycles. The zero-order chi connectivity index (χ0) is 14.7. The van der Waals surface area contributed by atoms with Crippen LogP contribution in [0.2, 0.25) is 0 Å². The molecular weight excluding hydrogens is 256 g/mol. The van der Waals surface area contributed by atoms with Crippen molar-refractivity contribution in [1.82, 2.24) is 9.78 Å². The summed E-state index contributed by atoms with van der Waals surface area (Å²) in [7, 11) is 5.00. The number of aliphatic hydroxyl groups is 1. The van der Waals surface area contributed by atoms with E-state index in [1.165, 1.54) is 0 Å². The molecule has 0 amide bonds. The van der Waals surface area contributed by atoms with E-state index in [0.717, 1.165) is 17.8 Å². The van der Waals surface area contributed by atoms with Crippen molar-refractivity contribution in [1.29, 1.82) is 0 Å². The molecular formula is C15H20N2O3. The Bertz CT molecular complexity index is 593. The first-order valence-electron chi connectivity index (χ1n) is 6.53. The summed E-state index contributed by atoms with van der Waals surface area (Å²) in [5.41, 5.74) is 2.39. The third-order valence-electron chi connectivity index (χ3n) is 3.34. The zero-order valence-electron chi connectivity index (χ0n) is 12.3. The van der Waals surface area contributed by atoms with E-state index < -0.39 is 6.10 Å². The maximum absolute atomic E-state index is 10.6. The molecule has 1 heterocycles. The quantitative estimate of drug-likeness (QED) is 0.908. The largest absolute Gasteiger partial charge is 0.497 e. The predicted molar refractivity (Wildman–Crippen MR) is 76.2 cm³/mol. The van der Waals surface area contributed by atoms with Gasteiger partial charge in [-0.3, -0.25) is 4.68 Å². The highest BCUT2D eigenvalue weighted by molar-refractivity contribution is 5.44. The Morgan fingerprint density at radius 1 is 1.25 bits per heavy atom. The van der Waals surface area contributed by atoms with Crippen LogP contribution in [0.4, 0.5) is 0 Å². The van der Waals surface area contributed by atoms with Gasteiger partial charge in [0, 0.05) is 18.7 Å². The van der Waals surface area contributed by atoms with Crippen LogP contribution in [-0.4, -0.2) is 29.1 Å². The summed E-state index contributed by atoms with van der Waals surface area (Å²) in [5, 5.41) is 14.9. The highest BCUT2D eigenvalue weighted by Crippen LogP contribution is 2.33. The molecule has 0 saturated heterocycles. The van der Waals surface area contributed by atoms with E-state index in [1.54, 1.807) is 37.1 Å². The number of hydrogen-bond donors (Lipinski definition) is 1. The molecule has 1 atom stereocenters. The number of aryl methyl sites for hydroxylation is 2. The summed E-state index contributed by atoms with van der Waals surface area (Å²) in [6.45, 7) is 2.03. The topological polar surface area (TPSA) is 56.5 Å². The molecule has 2 rings (SSSR count). The number of ether oxygens (including phenoxy) is 2. The average Bonchev–Trinajstić information content (AvgIpc) is 2.86. The van der Waals surface area contributed by atoms with Crippen molar-refractivity contribution in [3.63, 3.8) is 0 Å². The fourth-order valence-corrected chi connectivity index (χ4v) is 2.18.